The van der Waals surface area contributed by atoms with Crippen LogP contribution in [0.1, 0.15) is 78.0 Å². The van der Waals surface area contributed by atoms with Gasteiger partial charge in [-0.05, 0) is 95.8 Å². The van der Waals surface area contributed by atoms with Crippen LogP contribution in [0.2, 0.25) is 0 Å². The highest BCUT2D eigenvalue weighted by molar-refractivity contribution is 6.03. The number of fused-ring (bicyclic) bond motifs is 1. The van der Waals surface area contributed by atoms with E-state index in [1.165, 1.54) is 0 Å². The second-order valence-electron chi connectivity index (χ2n) is 11.0. The first kappa shape index (κ1) is 26.1. The van der Waals surface area contributed by atoms with Crippen molar-refractivity contribution in [2.24, 2.45) is 5.92 Å². The number of aryl methyl sites for hydroxylation is 2. The van der Waals surface area contributed by atoms with E-state index in [1.54, 1.807) is 6.20 Å². The number of amides is 1. The zero-order valence-electron chi connectivity index (χ0n) is 22.3. The number of nitrogens with one attached hydrogen (secondary N) is 2. The molecule has 0 bridgehead atoms. The molecule has 194 valence electrons. The Morgan fingerprint density at radius 3 is 2.61 bits per heavy atom. The second kappa shape index (κ2) is 10.2. The average Bonchev–Trinajstić information content (AvgIpc) is 3.09. The van der Waals surface area contributed by atoms with Crippen LogP contribution in [0.5, 0.6) is 0 Å². The third-order valence-corrected chi connectivity index (χ3v) is 7.52. The molecule has 3 N–H and O–H groups in total. The van der Waals surface area contributed by atoms with Gasteiger partial charge in [-0.15, -0.1) is 0 Å². The fraction of sp³-hybridized carbons (Fsp3) is 0.536. The molecule has 0 aromatic carbocycles. The number of aromatic amines is 1. The molecular formula is C28H39N5O3. The van der Waals surface area contributed by atoms with Gasteiger partial charge in [-0.25, -0.2) is 4.52 Å². The molecular weight excluding hydrogens is 454 g/mol. The van der Waals surface area contributed by atoms with Gasteiger partial charge >= 0.3 is 0 Å². The second-order valence-corrected chi connectivity index (χ2v) is 11.0. The minimum Gasteiger partial charge on any atom is -0.389 e. The lowest BCUT2D eigenvalue weighted by atomic mass is 9.82. The number of aromatic nitrogens is 3. The van der Waals surface area contributed by atoms with Gasteiger partial charge < -0.3 is 20.3 Å². The molecule has 1 saturated heterocycles. The third-order valence-electron chi connectivity index (χ3n) is 7.52. The maximum Gasteiger partial charge on any atom is 0.254 e. The number of rotatable bonds is 7. The van der Waals surface area contributed by atoms with Crippen LogP contribution in [-0.4, -0.2) is 55.7 Å². The topological polar surface area (TPSA) is 103 Å². The molecule has 3 aromatic rings. The van der Waals surface area contributed by atoms with E-state index in [1.807, 2.05) is 57.3 Å². The fourth-order valence-electron chi connectivity index (χ4n) is 5.79. The summed E-state index contributed by atoms with van der Waals surface area (Å²) in [6.07, 6.45) is 3.83. The van der Waals surface area contributed by atoms with Gasteiger partial charge in [0.15, 0.2) is 0 Å². The number of carbonyl (C=O) groups is 1. The van der Waals surface area contributed by atoms with Crippen molar-refractivity contribution < 1.29 is 9.90 Å². The molecule has 0 spiro atoms. The smallest absolute Gasteiger partial charge is 0.254 e. The molecule has 0 saturated carbocycles. The largest absolute Gasteiger partial charge is 0.389 e. The Bertz CT molecular complexity index is 1310. The summed E-state index contributed by atoms with van der Waals surface area (Å²) in [7, 11) is 0. The van der Waals surface area contributed by atoms with E-state index in [-0.39, 0.29) is 23.9 Å². The molecule has 8 nitrogen and oxygen atoms in total. The number of piperidine rings is 1. The molecule has 1 aliphatic rings. The summed E-state index contributed by atoms with van der Waals surface area (Å²) < 4.78 is 1.92. The lowest BCUT2D eigenvalue weighted by Gasteiger charge is -2.37. The van der Waals surface area contributed by atoms with E-state index in [2.05, 4.69) is 27.2 Å². The van der Waals surface area contributed by atoms with Crippen LogP contribution in [0, 0.1) is 26.7 Å². The van der Waals surface area contributed by atoms with Gasteiger partial charge in [0, 0.05) is 42.2 Å². The number of hydrogen-bond donors (Lipinski definition) is 3. The van der Waals surface area contributed by atoms with Crippen LogP contribution in [0.4, 0.5) is 0 Å². The van der Waals surface area contributed by atoms with Crippen molar-refractivity contribution in [2.75, 3.05) is 19.6 Å². The number of likely N-dealkylation sites (tertiary alicyclic amines) is 1. The van der Waals surface area contributed by atoms with Crippen LogP contribution < -0.4 is 10.9 Å². The maximum atomic E-state index is 13.4. The van der Waals surface area contributed by atoms with Crippen LogP contribution in [0.25, 0.3) is 5.52 Å². The molecule has 4 heterocycles. The summed E-state index contributed by atoms with van der Waals surface area (Å²) in [5.41, 5.74) is 4.78. The molecule has 1 aliphatic heterocycles. The highest BCUT2D eigenvalue weighted by Crippen LogP contribution is 2.37. The Morgan fingerprint density at radius 2 is 1.97 bits per heavy atom. The number of hydrogen-bond acceptors (Lipinski definition) is 5. The van der Waals surface area contributed by atoms with Crippen LogP contribution in [-0.2, 0) is 6.54 Å². The Labute approximate surface area is 212 Å². The van der Waals surface area contributed by atoms with Gasteiger partial charge in [0.1, 0.15) is 0 Å². The molecule has 36 heavy (non-hydrogen) atoms. The fourth-order valence-corrected chi connectivity index (χ4v) is 5.79. The lowest BCUT2D eigenvalue weighted by molar-refractivity contribution is 0.0229. The molecule has 1 amide bonds. The monoisotopic (exact) mass is 493 g/mol. The van der Waals surface area contributed by atoms with Crippen molar-refractivity contribution in [1.82, 2.24) is 24.8 Å². The van der Waals surface area contributed by atoms with Crippen LogP contribution in [0.3, 0.4) is 0 Å². The van der Waals surface area contributed by atoms with Gasteiger partial charge in [-0.2, -0.15) is 5.10 Å². The normalized spacial score (nSPS) is 16.4. The Hall–Kier alpha value is -2.97. The third kappa shape index (κ3) is 5.39. The number of carbonyl (C=O) groups excluding carboxylic acids is 1. The minimum absolute atomic E-state index is 0.168. The van der Waals surface area contributed by atoms with Crippen LogP contribution >= 0.6 is 0 Å². The summed E-state index contributed by atoms with van der Waals surface area (Å²) in [5, 5.41) is 17.8. The maximum absolute atomic E-state index is 13.4. The van der Waals surface area contributed by atoms with Crippen molar-refractivity contribution in [3.05, 3.63) is 68.4 Å². The number of β-amino-alcohol motifs (C(OH)–C–C–N with tert-alkyl or cyclic N) is 1. The molecule has 0 radical (unpaired) electrons. The molecule has 8 heteroatoms. The first-order chi connectivity index (χ1) is 17.0. The van der Waals surface area contributed by atoms with Crippen LogP contribution in [0.15, 0.2) is 29.2 Å². The Morgan fingerprint density at radius 1 is 1.28 bits per heavy atom. The van der Waals surface area contributed by atoms with Crippen molar-refractivity contribution >= 4 is 11.4 Å². The quantitative estimate of drug-likeness (QED) is 0.468. The number of pyridine rings is 1. The van der Waals surface area contributed by atoms with Crippen molar-refractivity contribution in [2.45, 2.75) is 72.4 Å². The van der Waals surface area contributed by atoms with Gasteiger partial charge in [0.05, 0.1) is 16.7 Å². The first-order valence-electron chi connectivity index (χ1n) is 12.8. The van der Waals surface area contributed by atoms with Gasteiger partial charge in [-0.3, -0.25) is 9.59 Å². The summed E-state index contributed by atoms with van der Waals surface area (Å²) >= 11 is 0. The van der Waals surface area contributed by atoms with Gasteiger partial charge in [0.25, 0.3) is 11.5 Å². The molecule has 4 rings (SSSR count). The van der Waals surface area contributed by atoms with E-state index in [4.69, 9.17) is 0 Å². The van der Waals surface area contributed by atoms with E-state index >= 15 is 0 Å². The lowest BCUT2D eigenvalue weighted by Crippen LogP contribution is -2.43. The highest BCUT2D eigenvalue weighted by Gasteiger charge is 2.32. The van der Waals surface area contributed by atoms with Crippen molar-refractivity contribution in [3.63, 3.8) is 0 Å². The standard InChI is InChI=1S/C28H39N5O3/c1-17-14-18(2)31-26(34)22(17)15-29-27(35)24-20(4)25(33-23(24)8-7-11-30-33)19(3)21-9-12-32(13-10-21)16-28(5,6)36/h7-8,11,14,19,21,36H,9-10,12-13,15-16H2,1-6H3,(H,29,35)(H,31,34). The summed E-state index contributed by atoms with van der Waals surface area (Å²) in [6, 6.07) is 5.70. The van der Waals surface area contributed by atoms with Gasteiger partial charge in [0.2, 0.25) is 0 Å². The number of H-pyrrole nitrogens is 1. The highest BCUT2D eigenvalue weighted by atomic mass is 16.3. The van der Waals surface area contributed by atoms with Crippen molar-refractivity contribution in [1.29, 1.82) is 0 Å². The summed E-state index contributed by atoms with van der Waals surface area (Å²) in [4.78, 5) is 31.0. The molecule has 1 fully saturated rings. The first-order valence-corrected chi connectivity index (χ1v) is 12.8. The van der Waals surface area contributed by atoms with Crippen molar-refractivity contribution in [3.8, 4) is 0 Å². The Kier molecular flexibility index (Phi) is 7.38. The molecule has 1 atom stereocenters. The predicted molar refractivity (Wildman–Crippen MR) is 142 cm³/mol. The number of nitrogens with zero attached hydrogens (tertiary/aromatic N) is 3. The zero-order valence-corrected chi connectivity index (χ0v) is 22.3. The van der Waals surface area contributed by atoms with E-state index in [0.29, 0.717) is 23.6 Å². The Balaban J connectivity index is 1.57. The minimum atomic E-state index is -0.693. The van der Waals surface area contributed by atoms with Gasteiger partial charge in [-0.1, -0.05) is 6.92 Å². The van der Waals surface area contributed by atoms with E-state index < -0.39 is 5.60 Å². The number of aliphatic hydroxyl groups is 1. The predicted octanol–water partition coefficient (Wildman–Crippen LogP) is 3.46. The summed E-state index contributed by atoms with van der Waals surface area (Å²) in [5.74, 6) is 0.489. The zero-order chi connectivity index (χ0) is 26.2. The molecule has 1 unspecified atom stereocenters. The summed E-state index contributed by atoms with van der Waals surface area (Å²) in [6.45, 7) is 14.4. The molecule has 3 aromatic heterocycles. The SMILES string of the molecule is Cc1cc(C)c(CNC(=O)c2c(C)c(C(C)C3CCN(CC(C)(C)O)CC3)n3ncccc23)c(=O)[nH]1. The van der Waals surface area contributed by atoms with E-state index in [9.17, 15) is 14.7 Å². The average molecular weight is 494 g/mol. The van der Waals surface area contributed by atoms with E-state index in [0.717, 1.165) is 54.0 Å². The molecule has 0 aliphatic carbocycles.